The van der Waals surface area contributed by atoms with E-state index >= 15 is 0 Å². The third kappa shape index (κ3) is 5.10. The molecule has 1 saturated heterocycles. The van der Waals surface area contributed by atoms with Gasteiger partial charge in [-0.3, -0.25) is 0 Å². The Kier molecular flexibility index (Phi) is 8.25. The molecule has 0 aromatic rings. The van der Waals surface area contributed by atoms with Crippen molar-refractivity contribution in [1.29, 1.82) is 0 Å². The first-order chi connectivity index (χ1) is 9.51. The van der Waals surface area contributed by atoms with Crippen LogP contribution in [-0.4, -0.2) is 81.1 Å². The number of aliphatic hydroxyl groups excluding tert-OH is 4. The molecule has 9 heteroatoms. The van der Waals surface area contributed by atoms with Crippen molar-refractivity contribution in [3.63, 3.8) is 0 Å². The number of hydrogen-bond acceptors (Lipinski definition) is 8. The zero-order chi connectivity index (χ0) is 15.1. The molecule has 0 aromatic heterocycles. The molecule has 6 atom stereocenters. The third-order valence-electron chi connectivity index (χ3n) is 3.06. The lowest BCUT2D eigenvalue weighted by atomic mass is 9.98. The van der Waals surface area contributed by atoms with Crippen molar-refractivity contribution in [3.05, 3.63) is 0 Å². The average Bonchev–Trinajstić information content (AvgIpc) is 2.43. The van der Waals surface area contributed by atoms with Crippen molar-refractivity contribution in [2.45, 2.75) is 44.0 Å². The molecule has 0 saturated carbocycles. The fourth-order valence-electron chi connectivity index (χ4n) is 1.90. The molecule has 1 fully saturated rings. The molecule has 0 spiro atoms. The molecule has 1 aliphatic rings. The van der Waals surface area contributed by atoms with Crippen molar-refractivity contribution in [3.8, 4) is 0 Å². The summed E-state index contributed by atoms with van der Waals surface area (Å²) in [6.07, 6.45) is -4.25. The third-order valence-corrected chi connectivity index (χ3v) is 4.17. The van der Waals surface area contributed by atoms with Crippen LogP contribution in [0.3, 0.4) is 0 Å². The van der Waals surface area contributed by atoms with Crippen molar-refractivity contribution in [1.82, 2.24) is 10.0 Å². The Labute approximate surface area is 121 Å². The minimum atomic E-state index is -1.48. The van der Waals surface area contributed by atoms with Crippen LogP contribution in [0.1, 0.15) is 13.3 Å². The van der Waals surface area contributed by atoms with Gasteiger partial charge in [0.25, 0.3) is 0 Å². The maximum absolute atomic E-state index is 11.8. The Hall–Kier alpha value is 0.0300. The lowest BCUT2D eigenvalue weighted by Crippen LogP contribution is -2.64. The zero-order valence-electron chi connectivity index (χ0n) is 11.4. The van der Waals surface area contributed by atoms with E-state index in [4.69, 9.17) is 9.84 Å². The van der Waals surface area contributed by atoms with Crippen LogP contribution >= 0.6 is 0 Å². The molecule has 0 radical (unpaired) electrons. The molecular weight excluding hydrogens is 288 g/mol. The summed E-state index contributed by atoms with van der Waals surface area (Å²) in [6.45, 7) is 2.86. The lowest BCUT2D eigenvalue weighted by molar-refractivity contribution is -0.251. The molecular formula is C11H24N2O6S. The predicted octanol–water partition coefficient (Wildman–Crippen LogP) is -2.96. The zero-order valence-corrected chi connectivity index (χ0v) is 12.3. The lowest BCUT2D eigenvalue weighted by Gasteiger charge is -2.39. The van der Waals surface area contributed by atoms with E-state index in [0.717, 1.165) is 13.0 Å². The number of nitrogens with one attached hydrogen (secondary N) is 2. The summed E-state index contributed by atoms with van der Waals surface area (Å²) in [7, 11) is 0. The minimum absolute atomic E-state index is 0.301. The monoisotopic (exact) mass is 312 g/mol. The van der Waals surface area contributed by atoms with Crippen LogP contribution in [0.15, 0.2) is 0 Å². The van der Waals surface area contributed by atoms with E-state index in [1.807, 2.05) is 6.92 Å². The maximum Gasteiger partial charge on any atom is 0.177 e. The van der Waals surface area contributed by atoms with E-state index in [-0.39, 0.29) is 0 Å². The first kappa shape index (κ1) is 18.1. The molecule has 0 amide bonds. The highest BCUT2D eigenvalue weighted by Crippen LogP contribution is 2.20. The normalized spacial score (nSPS) is 36.0. The predicted molar refractivity (Wildman–Crippen MR) is 73.1 cm³/mol. The van der Waals surface area contributed by atoms with Crippen molar-refractivity contribution in [2.24, 2.45) is 0 Å². The Bertz CT molecular complexity index is 275. The van der Waals surface area contributed by atoms with Gasteiger partial charge in [0.1, 0.15) is 30.1 Å². The second-order valence-electron chi connectivity index (χ2n) is 4.67. The second kappa shape index (κ2) is 9.13. The van der Waals surface area contributed by atoms with E-state index in [0.29, 0.717) is 12.3 Å². The molecule has 120 valence electrons. The van der Waals surface area contributed by atoms with Gasteiger partial charge in [0, 0.05) is 17.9 Å². The van der Waals surface area contributed by atoms with Gasteiger partial charge in [0.15, 0.2) is 6.29 Å². The van der Waals surface area contributed by atoms with Gasteiger partial charge in [0.2, 0.25) is 0 Å². The van der Waals surface area contributed by atoms with Crippen molar-refractivity contribution < 1.29 is 29.7 Å². The van der Waals surface area contributed by atoms with E-state index in [1.165, 1.54) is 0 Å². The Morgan fingerprint density at radius 2 is 1.90 bits per heavy atom. The number of hydrogen-bond donors (Lipinski definition) is 6. The molecule has 0 aromatic carbocycles. The van der Waals surface area contributed by atoms with Crippen molar-refractivity contribution in [2.75, 3.05) is 25.4 Å². The van der Waals surface area contributed by atoms with E-state index < -0.39 is 48.6 Å². The molecule has 6 unspecified atom stereocenters. The van der Waals surface area contributed by atoms with Crippen LogP contribution in [0.5, 0.6) is 0 Å². The molecule has 20 heavy (non-hydrogen) atoms. The summed E-state index contributed by atoms with van der Waals surface area (Å²) in [5.74, 6) is 0.301. The highest BCUT2D eigenvalue weighted by molar-refractivity contribution is 7.89. The average molecular weight is 312 g/mol. The van der Waals surface area contributed by atoms with Crippen LogP contribution in [0, 0.1) is 0 Å². The van der Waals surface area contributed by atoms with Gasteiger partial charge in [-0.25, -0.2) is 0 Å². The summed E-state index contributed by atoms with van der Waals surface area (Å²) in [6, 6.07) is -1.07. The van der Waals surface area contributed by atoms with Gasteiger partial charge in [-0.05, 0) is 13.0 Å². The summed E-state index contributed by atoms with van der Waals surface area (Å²) >= 11 is -1.48. The van der Waals surface area contributed by atoms with E-state index in [9.17, 15) is 19.9 Å². The van der Waals surface area contributed by atoms with Gasteiger partial charge in [-0.15, -0.1) is 4.72 Å². The van der Waals surface area contributed by atoms with Gasteiger partial charge in [-0.1, -0.05) is 6.92 Å². The summed E-state index contributed by atoms with van der Waals surface area (Å²) in [4.78, 5) is 0. The largest absolute Gasteiger partial charge is 0.598 e. The van der Waals surface area contributed by atoms with Crippen molar-refractivity contribution >= 4 is 11.4 Å². The van der Waals surface area contributed by atoms with Gasteiger partial charge >= 0.3 is 0 Å². The van der Waals surface area contributed by atoms with Crippen LogP contribution < -0.4 is 10.0 Å². The highest BCUT2D eigenvalue weighted by atomic mass is 32.2. The fourth-order valence-corrected chi connectivity index (χ4v) is 2.91. The van der Waals surface area contributed by atoms with Gasteiger partial charge < -0.3 is 35.0 Å². The quantitative estimate of drug-likeness (QED) is 0.207. The molecule has 8 nitrogen and oxygen atoms in total. The van der Waals surface area contributed by atoms with E-state index in [1.54, 1.807) is 0 Å². The summed E-state index contributed by atoms with van der Waals surface area (Å²) in [5.41, 5.74) is 0. The Morgan fingerprint density at radius 1 is 1.20 bits per heavy atom. The SMILES string of the molecule is CCCNCC[S+]([O-])NC1C(O)OC(CO)C(O)C1O. The van der Waals surface area contributed by atoms with Crippen LogP contribution in [0.2, 0.25) is 0 Å². The molecule has 0 aliphatic carbocycles. The molecule has 1 heterocycles. The topological polar surface area (TPSA) is 137 Å². The first-order valence-electron chi connectivity index (χ1n) is 6.67. The maximum atomic E-state index is 11.8. The molecule has 6 N–H and O–H groups in total. The fraction of sp³-hybridized carbons (Fsp3) is 1.00. The number of rotatable bonds is 8. The first-order valence-corrected chi connectivity index (χ1v) is 7.99. The minimum Gasteiger partial charge on any atom is -0.598 e. The highest BCUT2D eigenvalue weighted by Gasteiger charge is 2.45. The van der Waals surface area contributed by atoms with Gasteiger partial charge in [-0.2, -0.15) is 0 Å². The Morgan fingerprint density at radius 3 is 2.50 bits per heavy atom. The number of aliphatic hydroxyl groups is 4. The van der Waals surface area contributed by atoms with Crippen LogP contribution in [0.4, 0.5) is 0 Å². The van der Waals surface area contributed by atoms with Crippen LogP contribution in [-0.2, 0) is 16.1 Å². The standard InChI is InChI=1S/C11H24N2O6S/c1-2-3-12-4-5-20(18)13-8-10(16)9(15)7(6-14)19-11(8)17/h7-17H,2-6H2,1H3. The Balaban J connectivity index is 2.41. The second-order valence-corrected chi connectivity index (χ2v) is 6.01. The molecule has 1 aliphatic heterocycles. The molecule has 0 bridgehead atoms. The molecule has 1 rings (SSSR count). The van der Waals surface area contributed by atoms with E-state index in [2.05, 4.69) is 10.0 Å². The summed E-state index contributed by atoms with van der Waals surface area (Å²) < 4.78 is 19.3. The number of ether oxygens (including phenoxy) is 1. The smallest absolute Gasteiger partial charge is 0.177 e. The summed E-state index contributed by atoms with van der Waals surface area (Å²) in [5, 5.41) is 41.3. The van der Waals surface area contributed by atoms with Crippen LogP contribution in [0.25, 0.3) is 0 Å². The van der Waals surface area contributed by atoms with Gasteiger partial charge in [0.05, 0.1) is 6.61 Å².